The van der Waals surface area contributed by atoms with Crippen molar-refractivity contribution in [1.29, 1.82) is 0 Å². The van der Waals surface area contributed by atoms with E-state index in [-0.39, 0.29) is 16.5 Å². The maximum Gasteiger partial charge on any atom is 0.408 e. The normalized spacial score (nSPS) is 27.7. The molecule has 3 aliphatic carbocycles. The van der Waals surface area contributed by atoms with Crippen molar-refractivity contribution in [1.82, 2.24) is 14.9 Å². The Hall–Kier alpha value is -2.70. The monoisotopic (exact) mass is 600 g/mol. The smallest absolute Gasteiger partial charge is 0.366 e. The number of alkyl halides is 3. The van der Waals surface area contributed by atoms with E-state index in [1.807, 2.05) is 5.32 Å². The van der Waals surface area contributed by atoms with Gasteiger partial charge in [-0.05, 0) is 69.9 Å². The van der Waals surface area contributed by atoms with Gasteiger partial charge in [-0.25, -0.2) is 12.8 Å². The second kappa shape index (κ2) is 9.42. The van der Waals surface area contributed by atoms with Gasteiger partial charge in [0, 0.05) is 17.5 Å². The van der Waals surface area contributed by atoms with Crippen molar-refractivity contribution in [2.75, 3.05) is 0 Å². The average Bonchev–Trinajstić information content (AvgIpc) is 3.13. The van der Waals surface area contributed by atoms with E-state index in [4.69, 9.17) is 11.6 Å². The Morgan fingerprint density at radius 3 is 2.38 bits per heavy atom. The molecule has 1 aliphatic heterocycles. The second-order valence-corrected chi connectivity index (χ2v) is 13.9. The number of sulfonamides is 1. The number of aliphatic imine (C=N–C) groups is 1. The fourth-order valence-corrected chi connectivity index (χ4v) is 7.90. The molecule has 2 aromatic rings. The molecule has 0 saturated heterocycles. The van der Waals surface area contributed by atoms with Crippen LogP contribution in [0.15, 0.2) is 58.4 Å². The highest BCUT2D eigenvalue weighted by molar-refractivity contribution is 7.89. The Labute approximate surface area is 235 Å². The summed E-state index contributed by atoms with van der Waals surface area (Å²) in [6.45, 7) is 4.17. The van der Waals surface area contributed by atoms with Gasteiger partial charge in [-0.15, -0.1) is 0 Å². The summed E-state index contributed by atoms with van der Waals surface area (Å²) in [5.74, 6) is -0.994. The highest BCUT2D eigenvalue weighted by Crippen LogP contribution is 2.71. The lowest BCUT2D eigenvalue weighted by Crippen LogP contribution is -2.78. The molecule has 0 unspecified atom stereocenters. The highest BCUT2D eigenvalue weighted by atomic mass is 35.5. The molecule has 40 heavy (non-hydrogen) atoms. The molecular weight excluding hydrogens is 572 g/mol. The number of carbonyl (C=O) groups is 1. The number of hydrogen-bond donors (Lipinski definition) is 2. The first-order chi connectivity index (χ1) is 18.5. The number of benzene rings is 2. The van der Waals surface area contributed by atoms with Crippen LogP contribution in [0.4, 0.5) is 17.6 Å². The predicted molar refractivity (Wildman–Crippen MR) is 142 cm³/mol. The van der Waals surface area contributed by atoms with Crippen LogP contribution in [0.5, 0.6) is 0 Å². The molecule has 13 heteroatoms. The molecule has 1 amide bonds. The molecule has 2 atom stereocenters. The molecule has 1 heterocycles. The van der Waals surface area contributed by atoms with E-state index in [1.54, 1.807) is 38.1 Å². The standard InChI is InChI=1S/C27H29ClF4N4O3S/c1-16(27(30,31)32)33-22(37)21-24(2,3)35-23(34-21)25-13-26(14-25,15-25)36(12-17-9-10-19(28)20(29)11-17)40(38,39)18-7-5-4-6-8-18/h4-11,16,21H,12-15H2,1-3H3,(H,33,37)(H,34,35)/t16-,21+,25?,26?/m1/s1. The number of amides is 1. The van der Waals surface area contributed by atoms with E-state index in [9.17, 15) is 30.8 Å². The molecule has 4 aliphatic rings. The minimum atomic E-state index is -4.58. The molecule has 0 spiro atoms. The first-order valence-electron chi connectivity index (χ1n) is 12.7. The minimum absolute atomic E-state index is 0.0677. The van der Waals surface area contributed by atoms with Crippen LogP contribution >= 0.6 is 11.6 Å². The van der Waals surface area contributed by atoms with E-state index in [1.165, 1.54) is 28.6 Å². The molecule has 0 radical (unpaired) electrons. The summed E-state index contributed by atoms with van der Waals surface area (Å²) in [6.07, 6.45) is -3.38. The Bertz CT molecular complexity index is 1460. The van der Waals surface area contributed by atoms with Gasteiger partial charge < -0.3 is 10.6 Å². The number of amidine groups is 1. The lowest BCUT2D eigenvalue weighted by atomic mass is 9.38. The van der Waals surface area contributed by atoms with Gasteiger partial charge in [-0.3, -0.25) is 9.79 Å². The largest absolute Gasteiger partial charge is 0.408 e. The van der Waals surface area contributed by atoms with Crippen LogP contribution in [0.25, 0.3) is 0 Å². The van der Waals surface area contributed by atoms with Crippen LogP contribution in [-0.4, -0.2) is 53.8 Å². The predicted octanol–water partition coefficient (Wildman–Crippen LogP) is 4.81. The zero-order valence-electron chi connectivity index (χ0n) is 22.0. The van der Waals surface area contributed by atoms with Crippen molar-refractivity contribution >= 4 is 33.4 Å². The van der Waals surface area contributed by atoms with E-state index in [2.05, 4.69) is 10.3 Å². The Morgan fingerprint density at radius 1 is 1.18 bits per heavy atom. The number of halogens is 5. The van der Waals surface area contributed by atoms with E-state index >= 15 is 0 Å². The first-order valence-corrected chi connectivity index (χ1v) is 14.6. The topological polar surface area (TPSA) is 90.9 Å². The zero-order chi connectivity index (χ0) is 29.3. The molecule has 216 valence electrons. The maximum absolute atomic E-state index is 14.2. The minimum Gasteiger partial charge on any atom is -0.366 e. The molecule has 7 nitrogen and oxygen atoms in total. The molecule has 0 aromatic heterocycles. The third kappa shape index (κ3) is 4.77. The summed E-state index contributed by atoms with van der Waals surface area (Å²) in [5, 5.41) is 5.15. The number of hydrogen-bond acceptors (Lipinski definition) is 5. The van der Waals surface area contributed by atoms with Crippen molar-refractivity contribution in [2.24, 2.45) is 10.4 Å². The van der Waals surface area contributed by atoms with Crippen molar-refractivity contribution in [3.05, 3.63) is 64.9 Å². The van der Waals surface area contributed by atoms with Crippen molar-refractivity contribution < 1.29 is 30.8 Å². The van der Waals surface area contributed by atoms with Crippen LogP contribution in [0, 0.1) is 11.2 Å². The van der Waals surface area contributed by atoms with Gasteiger partial charge in [-0.2, -0.15) is 17.5 Å². The molecular formula is C27H29ClF4N4O3S. The van der Waals surface area contributed by atoms with E-state index < -0.39 is 56.5 Å². The van der Waals surface area contributed by atoms with Crippen LogP contribution in [0.1, 0.15) is 45.6 Å². The fourth-order valence-electron chi connectivity index (χ4n) is 6.01. The van der Waals surface area contributed by atoms with Gasteiger partial charge in [-0.1, -0.05) is 35.9 Å². The molecule has 2 N–H and O–H groups in total. The van der Waals surface area contributed by atoms with Crippen LogP contribution in [0.3, 0.4) is 0 Å². The first kappa shape index (κ1) is 28.8. The summed E-state index contributed by atoms with van der Waals surface area (Å²) in [7, 11) is -3.98. The Kier molecular flexibility index (Phi) is 6.79. The lowest BCUT2D eigenvalue weighted by Gasteiger charge is -2.73. The molecule has 2 bridgehead atoms. The van der Waals surface area contributed by atoms with Crippen molar-refractivity contribution in [3.63, 3.8) is 0 Å². The Balaban J connectivity index is 1.40. The summed E-state index contributed by atoms with van der Waals surface area (Å²) < 4.78 is 82.3. The fraction of sp³-hybridized carbons (Fsp3) is 0.481. The average molecular weight is 601 g/mol. The van der Waals surface area contributed by atoms with Crippen LogP contribution in [-0.2, 0) is 21.4 Å². The van der Waals surface area contributed by atoms with Crippen LogP contribution in [0.2, 0.25) is 5.02 Å². The van der Waals surface area contributed by atoms with Crippen molar-refractivity contribution in [2.45, 2.75) is 80.8 Å². The zero-order valence-corrected chi connectivity index (χ0v) is 23.6. The third-order valence-corrected chi connectivity index (χ3v) is 10.4. The summed E-state index contributed by atoms with van der Waals surface area (Å²) in [6, 6.07) is 9.03. The molecule has 6 rings (SSSR count). The van der Waals surface area contributed by atoms with Gasteiger partial charge in [0.15, 0.2) is 6.04 Å². The number of nitrogens with zero attached hydrogens (tertiary/aromatic N) is 2. The number of carbonyl (C=O) groups excluding carboxylic acids is 1. The summed E-state index contributed by atoms with van der Waals surface area (Å²) >= 11 is 5.83. The molecule has 3 fully saturated rings. The van der Waals surface area contributed by atoms with E-state index in [0.717, 1.165) is 6.92 Å². The van der Waals surface area contributed by atoms with Gasteiger partial charge >= 0.3 is 6.18 Å². The summed E-state index contributed by atoms with van der Waals surface area (Å²) in [4.78, 5) is 17.4. The summed E-state index contributed by atoms with van der Waals surface area (Å²) in [5.41, 5.74) is -1.79. The second-order valence-electron chi connectivity index (χ2n) is 11.6. The quantitative estimate of drug-likeness (QED) is 0.426. The molecule has 2 aromatic carbocycles. The number of rotatable bonds is 8. The van der Waals surface area contributed by atoms with Crippen LogP contribution < -0.4 is 10.6 Å². The SMILES string of the molecule is C[C@@H](NC(=O)[C@@H]1N=C(C23CC(N(Cc4ccc(Cl)c(F)c4)S(=O)(=O)c4ccccc4)(C2)C3)NC1(C)C)C(F)(F)F. The van der Waals surface area contributed by atoms with Gasteiger partial charge in [0.25, 0.3) is 0 Å². The molecule has 3 saturated carbocycles. The van der Waals surface area contributed by atoms with Gasteiger partial charge in [0.1, 0.15) is 17.7 Å². The Morgan fingerprint density at radius 2 is 1.80 bits per heavy atom. The maximum atomic E-state index is 14.2. The lowest BCUT2D eigenvalue weighted by molar-refractivity contribution is -0.158. The number of nitrogens with one attached hydrogen (secondary N) is 2. The van der Waals surface area contributed by atoms with E-state index in [0.29, 0.717) is 30.7 Å². The van der Waals surface area contributed by atoms with Crippen molar-refractivity contribution in [3.8, 4) is 0 Å². The third-order valence-electron chi connectivity index (χ3n) is 8.16. The highest BCUT2D eigenvalue weighted by Gasteiger charge is 2.75. The van der Waals surface area contributed by atoms with Gasteiger partial charge in [0.05, 0.1) is 15.5 Å². The van der Waals surface area contributed by atoms with Gasteiger partial charge in [0.2, 0.25) is 15.9 Å².